The highest BCUT2D eigenvalue weighted by Gasteiger charge is 2.32. The van der Waals surface area contributed by atoms with E-state index in [0.717, 1.165) is 4.47 Å². The zero-order valence-corrected chi connectivity index (χ0v) is 26.2. The molecule has 9 rings (SSSR count). The van der Waals surface area contributed by atoms with Gasteiger partial charge in [-0.05, 0) is 117 Å². The Morgan fingerprint density at radius 2 is 1.18 bits per heavy atom. The van der Waals surface area contributed by atoms with Crippen LogP contribution in [0.5, 0.6) is 0 Å². The highest BCUT2D eigenvalue weighted by molar-refractivity contribution is 9.10. The molecule has 7 aromatic rings. The third-order valence-electron chi connectivity index (χ3n) is 9.87. The van der Waals surface area contributed by atoms with Crippen molar-refractivity contribution in [1.29, 1.82) is 0 Å². The van der Waals surface area contributed by atoms with Crippen molar-refractivity contribution in [2.24, 2.45) is 0 Å². The van der Waals surface area contributed by atoms with E-state index in [2.05, 4.69) is 169 Å². The maximum atomic E-state index is 3.77. The van der Waals surface area contributed by atoms with E-state index < -0.39 is 0 Å². The van der Waals surface area contributed by atoms with Crippen LogP contribution >= 0.6 is 15.9 Å². The largest absolute Gasteiger partial charge is 0.0616 e. The molecule has 0 aliphatic heterocycles. The van der Waals surface area contributed by atoms with Gasteiger partial charge in [0, 0.05) is 9.89 Å². The van der Waals surface area contributed by atoms with Gasteiger partial charge in [0.1, 0.15) is 0 Å². The van der Waals surface area contributed by atoms with Gasteiger partial charge in [0.05, 0.1) is 0 Å². The third kappa shape index (κ3) is 3.63. The van der Waals surface area contributed by atoms with Gasteiger partial charge in [-0.2, -0.15) is 0 Å². The summed E-state index contributed by atoms with van der Waals surface area (Å²) < 4.78 is 1.12. The van der Waals surface area contributed by atoms with Gasteiger partial charge in [-0.25, -0.2) is 0 Å². The van der Waals surface area contributed by atoms with Gasteiger partial charge in [0.2, 0.25) is 0 Å². The molecule has 7 aromatic carbocycles. The smallest absolute Gasteiger partial charge is 0.0178 e. The SMILES string of the molecule is CC1(C)c2cc(Br)ccc2C=c2c1cc1c(c2-c2cccc3ccccc23)C=c2cccc(-c3cccc4ccccc34)c2=1. The molecule has 0 unspecified atom stereocenters. The molecule has 208 valence electrons. The van der Waals surface area contributed by atoms with Crippen LogP contribution in [-0.2, 0) is 5.41 Å². The topological polar surface area (TPSA) is 0 Å². The molecule has 0 atom stereocenters. The Balaban J connectivity index is 1.51. The first kappa shape index (κ1) is 25.7. The minimum atomic E-state index is -0.186. The van der Waals surface area contributed by atoms with Crippen molar-refractivity contribution >= 4 is 49.6 Å². The van der Waals surface area contributed by atoms with Crippen LogP contribution in [0.25, 0.3) is 56.0 Å². The molecule has 0 fully saturated rings. The normalized spacial score (nSPS) is 13.9. The lowest BCUT2D eigenvalue weighted by atomic mass is 9.70. The molecule has 0 amide bonds. The summed E-state index contributed by atoms with van der Waals surface area (Å²) in [4.78, 5) is 0. The van der Waals surface area contributed by atoms with E-state index in [4.69, 9.17) is 0 Å². The van der Waals surface area contributed by atoms with Crippen molar-refractivity contribution in [2.75, 3.05) is 0 Å². The summed E-state index contributed by atoms with van der Waals surface area (Å²) in [6.45, 7) is 4.78. The second kappa shape index (κ2) is 9.39. The second-order valence-corrected chi connectivity index (χ2v) is 13.6. The van der Waals surface area contributed by atoms with E-state index in [9.17, 15) is 0 Å². The summed E-state index contributed by atoms with van der Waals surface area (Å²) in [6, 6.07) is 47.1. The van der Waals surface area contributed by atoms with E-state index in [1.165, 1.54) is 86.9 Å². The molecule has 2 aliphatic rings. The van der Waals surface area contributed by atoms with Crippen molar-refractivity contribution < 1.29 is 0 Å². The summed E-state index contributed by atoms with van der Waals surface area (Å²) in [5, 5.41) is 10.4. The molecule has 0 saturated heterocycles. The lowest BCUT2D eigenvalue weighted by Gasteiger charge is -2.33. The number of fused-ring (bicyclic) bond motifs is 6. The van der Waals surface area contributed by atoms with Crippen molar-refractivity contribution in [3.63, 3.8) is 0 Å². The lowest BCUT2D eigenvalue weighted by molar-refractivity contribution is 0.629. The number of hydrogen-bond acceptors (Lipinski definition) is 0. The van der Waals surface area contributed by atoms with Gasteiger partial charge in [-0.3, -0.25) is 0 Å². The maximum absolute atomic E-state index is 3.77. The molecule has 0 heterocycles. The van der Waals surface area contributed by atoms with Gasteiger partial charge in [0.25, 0.3) is 0 Å². The molecule has 0 nitrogen and oxygen atoms in total. The molecule has 0 bridgehead atoms. The molecule has 1 heteroatoms. The predicted octanol–water partition coefficient (Wildman–Crippen LogP) is 9.99. The highest BCUT2D eigenvalue weighted by Crippen LogP contribution is 2.41. The first-order chi connectivity index (χ1) is 21.5. The van der Waals surface area contributed by atoms with Crippen LogP contribution in [0.3, 0.4) is 0 Å². The molecule has 0 saturated carbocycles. The summed E-state index contributed by atoms with van der Waals surface area (Å²) in [5.74, 6) is 0. The number of halogens is 1. The van der Waals surface area contributed by atoms with Crippen LogP contribution in [0.2, 0.25) is 0 Å². The standard InChI is InChI=1S/C43H29Br/c1-43(2)39-24-30(44)21-20-28(39)22-38-40(43)25-37-36(42(38)34-18-8-13-27-11-4-6-16-32(27)34)23-29-14-9-19-35(41(29)37)33-17-7-12-26-10-3-5-15-31(26)33/h3-25H,1-2H3. The first-order valence-corrected chi connectivity index (χ1v) is 16.1. The van der Waals surface area contributed by atoms with Gasteiger partial charge >= 0.3 is 0 Å². The predicted molar refractivity (Wildman–Crippen MR) is 189 cm³/mol. The third-order valence-corrected chi connectivity index (χ3v) is 10.4. The molecule has 0 radical (unpaired) electrons. The van der Waals surface area contributed by atoms with Crippen LogP contribution in [0, 0.1) is 10.4 Å². The Morgan fingerprint density at radius 3 is 1.95 bits per heavy atom. The van der Waals surface area contributed by atoms with Crippen molar-refractivity contribution in [3.8, 4) is 22.3 Å². The lowest BCUT2D eigenvalue weighted by Crippen LogP contribution is -2.33. The molecule has 0 aromatic heterocycles. The minimum Gasteiger partial charge on any atom is -0.0616 e. The molecule has 0 N–H and O–H groups in total. The van der Waals surface area contributed by atoms with Gasteiger partial charge in [-0.15, -0.1) is 0 Å². The number of benzene rings is 7. The Bertz CT molecular complexity index is 2580. The highest BCUT2D eigenvalue weighted by atomic mass is 79.9. The molecular formula is C43H29Br. The average Bonchev–Trinajstić information content (AvgIpc) is 3.43. The van der Waals surface area contributed by atoms with E-state index in [-0.39, 0.29) is 5.41 Å². The van der Waals surface area contributed by atoms with Crippen molar-refractivity contribution in [1.82, 2.24) is 0 Å². The summed E-state index contributed by atoms with van der Waals surface area (Å²) in [5.41, 5.74) is 10.3. The van der Waals surface area contributed by atoms with Crippen molar-refractivity contribution in [2.45, 2.75) is 19.3 Å². The Morgan fingerprint density at radius 1 is 0.545 bits per heavy atom. The summed E-state index contributed by atoms with van der Waals surface area (Å²) in [7, 11) is 0. The summed E-state index contributed by atoms with van der Waals surface area (Å²) >= 11 is 3.77. The van der Waals surface area contributed by atoms with Crippen LogP contribution in [-0.4, -0.2) is 0 Å². The number of rotatable bonds is 2. The summed E-state index contributed by atoms with van der Waals surface area (Å²) in [6.07, 6.45) is 4.87. The fourth-order valence-electron chi connectivity index (χ4n) is 7.80. The van der Waals surface area contributed by atoms with Gasteiger partial charge in [0.15, 0.2) is 0 Å². The number of hydrogen-bond donors (Lipinski definition) is 0. The van der Waals surface area contributed by atoms with E-state index in [1.54, 1.807) is 0 Å². The van der Waals surface area contributed by atoms with E-state index in [0.29, 0.717) is 0 Å². The quantitative estimate of drug-likeness (QED) is 0.179. The van der Waals surface area contributed by atoms with Crippen molar-refractivity contribution in [3.05, 3.63) is 175 Å². The fourth-order valence-corrected chi connectivity index (χ4v) is 8.16. The minimum absolute atomic E-state index is 0.186. The molecule has 44 heavy (non-hydrogen) atoms. The van der Waals surface area contributed by atoms with E-state index >= 15 is 0 Å². The Labute approximate surface area is 265 Å². The van der Waals surface area contributed by atoms with Crippen LogP contribution in [0.4, 0.5) is 0 Å². The van der Waals surface area contributed by atoms with Gasteiger partial charge < -0.3 is 0 Å². The zero-order valence-electron chi connectivity index (χ0n) is 24.7. The first-order valence-electron chi connectivity index (χ1n) is 15.3. The van der Waals surface area contributed by atoms with Crippen LogP contribution in [0.15, 0.2) is 132 Å². The van der Waals surface area contributed by atoms with Crippen LogP contribution < -0.4 is 10.4 Å². The van der Waals surface area contributed by atoms with Crippen LogP contribution in [0.1, 0.15) is 36.1 Å². The molecule has 2 aliphatic carbocycles. The zero-order chi connectivity index (χ0) is 29.6. The Kier molecular flexibility index (Phi) is 5.49. The molecular weight excluding hydrogens is 596 g/mol. The second-order valence-electron chi connectivity index (χ2n) is 12.6. The van der Waals surface area contributed by atoms with Gasteiger partial charge in [-0.1, -0.05) is 139 Å². The monoisotopic (exact) mass is 624 g/mol. The molecule has 0 spiro atoms. The fraction of sp³-hybridized carbons (Fsp3) is 0.0698. The van der Waals surface area contributed by atoms with E-state index in [1.807, 2.05) is 0 Å². The Hall–Kier alpha value is -4.72. The average molecular weight is 626 g/mol. The maximum Gasteiger partial charge on any atom is 0.0178 e.